The average molecular weight is 959 g/mol. The van der Waals surface area contributed by atoms with E-state index in [1.807, 2.05) is 66.7 Å². The number of rotatable bonds is 8. The summed E-state index contributed by atoms with van der Waals surface area (Å²) in [6, 6.07) is 89.3. The molecule has 0 N–H and O–H groups in total. The van der Waals surface area contributed by atoms with Gasteiger partial charge in [-0.05, 0) is 93.5 Å². The molecule has 0 bridgehead atoms. The maximum absolute atomic E-state index is 6.92. The third-order valence-corrected chi connectivity index (χ3v) is 14.6. The molecule has 6 nitrogen and oxygen atoms in total. The first-order chi connectivity index (χ1) is 37.2. The number of fused-ring (bicyclic) bond motifs is 9. The molecule has 4 aromatic heterocycles. The van der Waals surface area contributed by atoms with Crippen LogP contribution in [0.25, 0.3) is 150 Å². The molecule has 0 saturated heterocycles. The van der Waals surface area contributed by atoms with Crippen LogP contribution >= 0.6 is 0 Å². The van der Waals surface area contributed by atoms with Gasteiger partial charge < -0.3 is 13.4 Å². The van der Waals surface area contributed by atoms with Gasteiger partial charge in [0.1, 0.15) is 16.7 Å². The molecule has 15 rings (SSSR count). The Bertz CT molecular complexity index is 4650. The second-order valence-electron chi connectivity index (χ2n) is 19.1. The van der Waals surface area contributed by atoms with Gasteiger partial charge in [-0.3, -0.25) is 0 Å². The van der Waals surface area contributed by atoms with Crippen LogP contribution in [-0.4, -0.2) is 19.5 Å². The van der Waals surface area contributed by atoms with E-state index < -0.39 is 0 Å². The van der Waals surface area contributed by atoms with Crippen LogP contribution in [0, 0.1) is 0 Å². The number of hydrogen-bond donors (Lipinski definition) is 0. The Balaban J connectivity index is 0.857. The van der Waals surface area contributed by atoms with Gasteiger partial charge in [0.15, 0.2) is 23.1 Å². The fourth-order valence-corrected chi connectivity index (χ4v) is 11.1. The molecule has 0 saturated carbocycles. The lowest BCUT2D eigenvalue weighted by molar-refractivity contribution is 0.666. The second kappa shape index (κ2) is 17.3. The van der Waals surface area contributed by atoms with E-state index in [2.05, 4.69) is 193 Å². The third-order valence-electron chi connectivity index (χ3n) is 14.6. The lowest BCUT2D eigenvalue weighted by Gasteiger charge is -2.13. The smallest absolute Gasteiger partial charge is 0.164 e. The van der Waals surface area contributed by atoms with Crippen molar-refractivity contribution in [3.8, 4) is 84.4 Å². The molecular weight excluding hydrogens is 917 g/mol. The number of aromatic nitrogens is 4. The van der Waals surface area contributed by atoms with Crippen molar-refractivity contribution in [2.75, 3.05) is 0 Å². The van der Waals surface area contributed by atoms with Crippen LogP contribution < -0.4 is 0 Å². The van der Waals surface area contributed by atoms with E-state index in [4.69, 9.17) is 23.8 Å². The fraction of sp³-hybridized carbons (Fsp3) is 0. The van der Waals surface area contributed by atoms with Gasteiger partial charge in [-0.1, -0.05) is 200 Å². The van der Waals surface area contributed by atoms with E-state index >= 15 is 0 Å². The van der Waals surface area contributed by atoms with Crippen molar-refractivity contribution in [2.24, 2.45) is 0 Å². The van der Waals surface area contributed by atoms with Crippen molar-refractivity contribution in [3.63, 3.8) is 0 Å². The number of benzene rings is 11. The molecule has 0 atom stereocenters. The van der Waals surface area contributed by atoms with E-state index in [1.165, 1.54) is 21.9 Å². The molecule has 0 amide bonds. The van der Waals surface area contributed by atoms with Crippen molar-refractivity contribution in [1.29, 1.82) is 0 Å². The molecule has 4 heterocycles. The summed E-state index contributed by atoms with van der Waals surface area (Å²) in [6.45, 7) is 0. The third kappa shape index (κ3) is 7.14. The van der Waals surface area contributed by atoms with Crippen LogP contribution in [0.15, 0.2) is 264 Å². The van der Waals surface area contributed by atoms with Gasteiger partial charge >= 0.3 is 0 Å². The van der Waals surface area contributed by atoms with Crippen LogP contribution in [0.5, 0.6) is 0 Å². The summed E-state index contributed by atoms with van der Waals surface area (Å²) in [5.41, 5.74) is 18.1. The Morgan fingerprint density at radius 3 is 1.52 bits per heavy atom. The zero-order valence-electron chi connectivity index (χ0n) is 40.4. The summed E-state index contributed by atoms with van der Waals surface area (Å²) in [5, 5.41) is 6.62. The van der Waals surface area contributed by atoms with E-state index in [1.54, 1.807) is 0 Å². The van der Waals surface area contributed by atoms with Gasteiger partial charge in [0.25, 0.3) is 0 Å². The van der Waals surface area contributed by atoms with Crippen LogP contribution in [0.3, 0.4) is 0 Å². The van der Waals surface area contributed by atoms with Crippen molar-refractivity contribution in [2.45, 2.75) is 0 Å². The fourth-order valence-electron chi connectivity index (χ4n) is 11.1. The van der Waals surface area contributed by atoms with Crippen LogP contribution in [-0.2, 0) is 0 Å². The van der Waals surface area contributed by atoms with Crippen molar-refractivity contribution in [3.05, 3.63) is 255 Å². The molecule has 75 heavy (non-hydrogen) atoms. The van der Waals surface area contributed by atoms with Gasteiger partial charge in [-0.15, -0.1) is 0 Å². The zero-order chi connectivity index (χ0) is 49.4. The van der Waals surface area contributed by atoms with Crippen molar-refractivity contribution >= 4 is 65.7 Å². The van der Waals surface area contributed by atoms with Gasteiger partial charge in [0.2, 0.25) is 0 Å². The van der Waals surface area contributed by atoms with E-state index in [0.717, 1.165) is 111 Å². The molecule has 0 radical (unpaired) electrons. The highest BCUT2D eigenvalue weighted by Crippen LogP contribution is 2.45. The lowest BCUT2D eigenvalue weighted by Crippen LogP contribution is -2.00. The summed E-state index contributed by atoms with van der Waals surface area (Å²) in [4.78, 5) is 15.0. The van der Waals surface area contributed by atoms with Gasteiger partial charge in [0.05, 0.1) is 16.7 Å². The maximum Gasteiger partial charge on any atom is 0.164 e. The Morgan fingerprint density at radius 2 is 0.760 bits per heavy atom. The minimum Gasteiger partial charge on any atom is -0.455 e. The van der Waals surface area contributed by atoms with Gasteiger partial charge in [-0.25, -0.2) is 15.0 Å². The molecule has 6 heteroatoms. The minimum absolute atomic E-state index is 0.607. The summed E-state index contributed by atoms with van der Waals surface area (Å²) >= 11 is 0. The predicted molar refractivity (Wildman–Crippen MR) is 307 cm³/mol. The quantitative estimate of drug-likeness (QED) is 0.152. The molecule has 0 fully saturated rings. The number of para-hydroxylation sites is 3. The number of furan rings is 2. The summed E-state index contributed by atoms with van der Waals surface area (Å²) in [6.07, 6.45) is 0. The normalized spacial score (nSPS) is 11.7. The van der Waals surface area contributed by atoms with Crippen LogP contribution in [0.1, 0.15) is 0 Å². The molecule has 0 unspecified atom stereocenters. The largest absolute Gasteiger partial charge is 0.455 e. The highest BCUT2D eigenvalue weighted by Gasteiger charge is 2.22. The highest BCUT2D eigenvalue weighted by molar-refractivity contribution is 6.17. The zero-order valence-corrected chi connectivity index (χ0v) is 40.4. The molecule has 0 aliphatic carbocycles. The minimum atomic E-state index is 0.607. The van der Waals surface area contributed by atoms with Crippen molar-refractivity contribution < 1.29 is 8.83 Å². The molecule has 0 aliphatic heterocycles. The Hall–Kier alpha value is -10.2. The van der Waals surface area contributed by atoms with Crippen LogP contribution in [0.4, 0.5) is 0 Å². The SMILES string of the molecule is c1ccc(-c2ccc3c(c2)c2ccccc2n3-c2cc(-c3cccc(-c4cccc5c4oc4cccc(-c6cccc(-c7nc(-c8ccccc8)nc(-c8ccccc8)n7)c6)c45)c3)cc3c2oc2ccccc23)cc1. The Morgan fingerprint density at radius 1 is 0.267 bits per heavy atom. The molecule has 11 aromatic carbocycles. The first kappa shape index (κ1) is 42.5. The molecule has 0 aliphatic rings. The summed E-state index contributed by atoms with van der Waals surface area (Å²) in [5.74, 6) is 1.86. The van der Waals surface area contributed by atoms with E-state index in [-0.39, 0.29) is 0 Å². The second-order valence-corrected chi connectivity index (χ2v) is 19.1. The molecule has 350 valence electrons. The van der Waals surface area contributed by atoms with Crippen LogP contribution in [0.2, 0.25) is 0 Å². The van der Waals surface area contributed by atoms with E-state index in [0.29, 0.717) is 17.5 Å². The maximum atomic E-state index is 6.92. The Labute approximate surface area is 431 Å². The number of nitrogens with zero attached hydrogens (tertiary/aromatic N) is 4. The van der Waals surface area contributed by atoms with E-state index in [9.17, 15) is 0 Å². The molecule has 15 aromatic rings. The topological polar surface area (TPSA) is 69.9 Å². The first-order valence-electron chi connectivity index (χ1n) is 25.2. The lowest BCUT2D eigenvalue weighted by atomic mass is 9.94. The standard InChI is InChI=1S/C69H42N4O2/c1-4-18-43(19-5-1)47-36-37-60-57(40-47)54-28-10-12-33-59(54)73(60)61-42-51(41-58-55-29-11-13-34-62(55)74-66(58)61)46-24-14-26-49(38-46)53-31-16-32-56-64-52(30-17-35-63(64)75-65(53)56)48-25-15-27-50(39-48)69-71-67(44-20-6-2-7-21-44)70-68(72-69)45-22-8-3-9-23-45/h1-42H. The number of hydrogen-bond acceptors (Lipinski definition) is 5. The summed E-state index contributed by atoms with van der Waals surface area (Å²) in [7, 11) is 0. The summed E-state index contributed by atoms with van der Waals surface area (Å²) < 4.78 is 16.1. The highest BCUT2D eigenvalue weighted by atomic mass is 16.3. The predicted octanol–water partition coefficient (Wildman–Crippen LogP) is 18.4. The first-order valence-corrected chi connectivity index (χ1v) is 25.2. The van der Waals surface area contributed by atoms with Crippen molar-refractivity contribution in [1.82, 2.24) is 19.5 Å². The molecule has 0 spiro atoms. The van der Waals surface area contributed by atoms with Gasteiger partial charge in [0, 0.05) is 54.6 Å². The monoisotopic (exact) mass is 958 g/mol. The average Bonchev–Trinajstić information content (AvgIpc) is 4.22. The van der Waals surface area contributed by atoms with Gasteiger partial charge in [-0.2, -0.15) is 0 Å². The molecular formula is C69H42N4O2. The Kier molecular flexibility index (Phi) is 9.78.